The Morgan fingerprint density at radius 2 is 1.81 bits per heavy atom. The van der Waals surface area contributed by atoms with Crippen LogP contribution in [0.15, 0.2) is 42.5 Å². The molecule has 1 amide bonds. The first-order valence-electron chi connectivity index (χ1n) is 10.8. The molecule has 194 valence electrons. The van der Waals surface area contributed by atoms with E-state index < -0.39 is 35.0 Å². The molecule has 0 spiro atoms. The fourth-order valence-corrected chi connectivity index (χ4v) is 3.66. The Kier molecular flexibility index (Phi) is 8.28. The van der Waals surface area contributed by atoms with Gasteiger partial charge in [0.2, 0.25) is 5.91 Å². The lowest BCUT2D eigenvalue weighted by atomic mass is 10.0. The topological polar surface area (TPSA) is 78.9 Å². The lowest BCUT2D eigenvalue weighted by Crippen LogP contribution is -2.37. The zero-order chi connectivity index (χ0) is 26.5. The second kappa shape index (κ2) is 11.0. The first-order chi connectivity index (χ1) is 16.9. The van der Waals surface area contributed by atoms with Crippen LogP contribution in [-0.2, 0) is 28.4 Å². The highest BCUT2D eigenvalue weighted by Crippen LogP contribution is 2.38. The average Bonchev–Trinajstić information content (AvgIpc) is 3.21. The van der Waals surface area contributed by atoms with Gasteiger partial charge in [-0.3, -0.25) is 9.59 Å². The molecule has 0 bridgehead atoms. The summed E-state index contributed by atoms with van der Waals surface area (Å²) in [6.07, 6.45) is -7.08. The molecular weight excluding hydrogens is 494 g/mol. The minimum absolute atomic E-state index is 0.0143. The number of amides is 1. The molecule has 0 atom stereocenters. The molecule has 12 heteroatoms. The van der Waals surface area contributed by atoms with Gasteiger partial charge in [-0.1, -0.05) is 12.1 Å². The number of halogens is 6. The number of hydrogen-bond donors (Lipinski definition) is 2. The summed E-state index contributed by atoms with van der Waals surface area (Å²) in [6, 6.07) is 6.40. The standard InChI is InChI=1S/C24H22F6N2O4/c25-23(26,27)17-4-3-15(19(13-17)24(28,29)30)2-1-11-36-18-5-6-20-16(12-18)8-10-32(20)21(33)14-31-9-7-22(34)35/h1-6,12-13,31H,7-11,14H2,(H,34,35). The van der Waals surface area contributed by atoms with E-state index in [0.717, 1.165) is 17.7 Å². The van der Waals surface area contributed by atoms with E-state index in [1.807, 2.05) is 0 Å². The lowest BCUT2D eigenvalue weighted by molar-refractivity contribution is -0.143. The minimum Gasteiger partial charge on any atom is -0.490 e. The summed E-state index contributed by atoms with van der Waals surface area (Å²) in [5, 5.41) is 11.4. The maximum absolute atomic E-state index is 13.2. The maximum Gasteiger partial charge on any atom is 0.417 e. The van der Waals surface area contributed by atoms with Gasteiger partial charge in [0.1, 0.15) is 12.4 Å². The summed E-state index contributed by atoms with van der Waals surface area (Å²) >= 11 is 0. The Balaban J connectivity index is 1.60. The molecule has 0 saturated carbocycles. The van der Waals surface area contributed by atoms with E-state index in [4.69, 9.17) is 9.84 Å². The van der Waals surface area contributed by atoms with Crippen LogP contribution in [0.4, 0.5) is 32.0 Å². The van der Waals surface area contributed by atoms with Crippen LogP contribution in [0.5, 0.6) is 5.75 Å². The number of rotatable bonds is 9. The zero-order valence-electron chi connectivity index (χ0n) is 18.7. The second-order valence-corrected chi connectivity index (χ2v) is 7.92. The van der Waals surface area contributed by atoms with Crippen molar-refractivity contribution >= 4 is 23.6 Å². The number of anilines is 1. The smallest absolute Gasteiger partial charge is 0.417 e. The first kappa shape index (κ1) is 27.1. The molecule has 2 aromatic rings. The highest BCUT2D eigenvalue weighted by molar-refractivity contribution is 5.96. The largest absolute Gasteiger partial charge is 0.490 e. The highest BCUT2D eigenvalue weighted by Gasteiger charge is 2.37. The van der Waals surface area contributed by atoms with E-state index in [0.29, 0.717) is 30.5 Å². The Hall–Kier alpha value is -3.54. The van der Waals surface area contributed by atoms with E-state index in [9.17, 15) is 35.9 Å². The van der Waals surface area contributed by atoms with Crippen LogP contribution in [0.25, 0.3) is 6.08 Å². The number of nitrogens with zero attached hydrogens (tertiary/aromatic N) is 1. The second-order valence-electron chi connectivity index (χ2n) is 7.92. The van der Waals surface area contributed by atoms with Crippen molar-refractivity contribution < 1.29 is 45.8 Å². The van der Waals surface area contributed by atoms with Gasteiger partial charge in [0.05, 0.1) is 24.1 Å². The Bertz CT molecular complexity index is 1140. The number of carbonyl (C=O) groups is 2. The zero-order valence-corrected chi connectivity index (χ0v) is 18.7. The Morgan fingerprint density at radius 3 is 2.47 bits per heavy atom. The van der Waals surface area contributed by atoms with E-state index >= 15 is 0 Å². The molecule has 0 fully saturated rings. The SMILES string of the molecule is O=C(O)CCNCC(=O)N1CCc2cc(OCC=Cc3ccc(C(F)(F)F)cc3C(F)(F)F)ccc21. The number of aliphatic carboxylic acids is 1. The predicted octanol–water partition coefficient (Wildman–Crippen LogP) is 4.77. The van der Waals surface area contributed by atoms with Crippen LogP contribution in [0.3, 0.4) is 0 Å². The number of alkyl halides is 6. The van der Waals surface area contributed by atoms with Crippen molar-refractivity contribution in [1.82, 2.24) is 5.32 Å². The lowest BCUT2D eigenvalue weighted by Gasteiger charge is -2.18. The molecule has 0 aliphatic carbocycles. The molecule has 1 aliphatic rings. The van der Waals surface area contributed by atoms with Gasteiger partial charge in [0, 0.05) is 18.8 Å². The Labute approximate surface area is 202 Å². The molecule has 0 saturated heterocycles. The van der Waals surface area contributed by atoms with Crippen molar-refractivity contribution in [3.05, 3.63) is 64.7 Å². The van der Waals surface area contributed by atoms with Crippen LogP contribution >= 0.6 is 0 Å². The number of fused-ring (bicyclic) bond motifs is 1. The quantitative estimate of drug-likeness (QED) is 0.371. The van der Waals surface area contributed by atoms with E-state index in [-0.39, 0.29) is 38.1 Å². The Morgan fingerprint density at radius 1 is 1.06 bits per heavy atom. The van der Waals surface area contributed by atoms with Crippen LogP contribution in [-0.4, -0.2) is 43.2 Å². The van der Waals surface area contributed by atoms with Gasteiger partial charge >= 0.3 is 18.3 Å². The van der Waals surface area contributed by atoms with E-state index in [1.54, 1.807) is 23.1 Å². The van der Waals surface area contributed by atoms with E-state index in [1.165, 1.54) is 6.08 Å². The van der Waals surface area contributed by atoms with Crippen LogP contribution in [0, 0.1) is 0 Å². The van der Waals surface area contributed by atoms with Gasteiger partial charge in [0.15, 0.2) is 0 Å². The molecule has 6 nitrogen and oxygen atoms in total. The summed E-state index contributed by atoms with van der Waals surface area (Å²) in [5.41, 5.74) is -1.68. The molecule has 2 N–H and O–H groups in total. The summed E-state index contributed by atoms with van der Waals surface area (Å²) in [4.78, 5) is 24.5. The summed E-state index contributed by atoms with van der Waals surface area (Å²) in [6.45, 7) is 0.457. The molecule has 1 aliphatic heterocycles. The fourth-order valence-electron chi connectivity index (χ4n) is 3.66. The molecular formula is C24H22F6N2O4. The van der Waals surface area contributed by atoms with Crippen molar-refractivity contribution in [3.8, 4) is 5.75 Å². The number of hydrogen-bond acceptors (Lipinski definition) is 4. The van der Waals surface area contributed by atoms with Gasteiger partial charge in [-0.15, -0.1) is 0 Å². The molecule has 3 rings (SSSR count). The average molecular weight is 516 g/mol. The minimum atomic E-state index is -4.96. The molecule has 0 radical (unpaired) electrons. The highest BCUT2D eigenvalue weighted by atomic mass is 19.4. The summed E-state index contributed by atoms with van der Waals surface area (Å²) in [7, 11) is 0. The molecule has 36 heavy (non-hydrogen) atoms. The van der Waals surface area contributed by atoms with Crippen molar-refractivity contribution in [2.75, 3.05) is 31.1 Å². The van der Waals surface area contributed by atoms with Gasteiger partial charge in [-0.05, 0) is 54.0 Å². The van der Waals surface area contributed by atoms with E-state index in [2.05, 4.69) is 5.32 Å². The maximum atomic E-state index is 13.2. The first-order valence-corrected chi connectivity index (χ1v) is 10.8. The predicted molar refractivity (Wildman–Crippen MR) is 119 cm³/mol. The summed E-state index contributed by atoms with van der Waals surface area (Å²) in [5.74, 6) is -0.771. The third-order valence-electron chi connectivity index (χ3n) is 5.37. The monoisotopic (exact) mass is 516 g/mol. The van der Waals surface area contributed by atoms with Crippen molar-refractivity contribution in [2.24, 2.45) is 0 Å². The number of nitrogens with one attached hydrogen (secondary N) is 1. The normalized spacial score (nSPS) is 13.8. The van der Waals surface area contributed by atoms with Gasteiger partial charge in [-0.25, -0.2) is 0 Å². The van der Waals surface area contributed by atoms with Crippen LogP contribution in [0.1, 0.15) is 28.7 Å². The number of carboxylic acids is 1. The third kappa shape index (κ3) is 7.00. The molecule has 2 aromatic carbocycles. The summed E-state index contributed by atoms with van der Waals surface area (Å²) < 4.78 is 83.6. The molecule has 0 aromatic heterocycles. The fraction of sp³-hybridized carbons (Fsp3) is 0.333. The van der Waals surface area contributed by atoms with Gasteiger partial charge in [0.25, 0.3) is 0 Å². The number of benzene rings is 2. The molecule has 1 heterocycles. The van der Waals surface area contributed by atoms with Crippen molar-refractivity contribution in [1.29, 1.82) is 0 Å². The number of ether oxygens (including phenoxy) is 1. The van der Waals surface area contributed by atoms with Crippen LogP contribution < -0.4 is 15.0 Å². The molecule has 0 unspecified atom stereocenters. The van der Waals surface area contributed by atoms with Crippen molar-refractivity contribution in [2.45, 2.75) is 25.2 Å². The number of carbonyl (C=O) groups excluding carboxylic acids is 1. The van der Waals surface area contributed by atoms with Crippen molar-refractivity contribution in [3.63, 3.8) is 0 Å². The van der Waals surface area contributed by atoms with Crippen LogP contribution in [0.2, 0.25) is 0 Å². The van der Waals surface area contributed by atoms with Gasteiger partial charge in [-0.2, -0.15) is 26.3 Å². The third-order valence-corrected chi connectivity index (χ3v) is 5.37. The number of carboxylic acid groups (broad SMARTS) is 1. The van der Waals surface area contributed by atoms with Gasteiger partial charge < -0.3 is 20.1 Å².